The van der Waals surface area contributed by atoms with Gasteiger partial charge in [-0.05, 0) is 36.4 Å². The maximum absolute atomic E-state index is 13.3. The molecule has 19 heavy (non-hydrogen) atoms. The fourth-order valence-corrected chi connectivity index (χ4v) is 2.09. The van der Waals surface area contributed by atoms with E-state index in [1.807, 2.05) is 37.4 Å². The number of halogens is 2. The van der Waals surface area contributed by atoms with E-state index in [4.69, 9.17) is 17.3 Å². The van der Waals surface area contributed by atoms with Crippen LogP contribution in [0.4, 0.5) is 10.1 Å². The smallest absolute Gasteiger partial charge is 0.146 e. The van der Waals surface area contributed by atoms with Crippen LogP contribution in [0.1, 0.15) is 11.1 Å². The van der Waals surface area contributed by atoms with Crippen LogP contribution in [0, 0.1) is 5.82 Å². The van der Waals surface area contributed by atoms with Gasteiger partial charge in [0.1, 0.15) is 5.82 Å². The SMILES string of the molecule is CN(Cc1ccc(Cl)cc1)Cc1cccc(F)c1N. The summed E-state index contributed by atoms with van der Waals surface area (Å²) in [7, 11) is 1.97. The summed E-state index contributed by atoms with van der Waals surface area (Å²) in [6, 6.07) is 12.6. The Morgan fingerprint density at radius 2 is 1.79 bits per heavy atom. The van der Waals surface area contributed by atoms with Gasteiger partial charge in [-0.25, -0.2) is 4.39 Å². The van der Waals surface area contributed by atoms with Crippen molar-refractivity contribution in [2.24, 2.45) is 0 Å². The number of benzene rings is 2. The van der Waals surface area contributed by atoms with Crippen LogP contribution in [0.15, 0.2) is 42.5 Å². The Morgan fingerprint density at radius 3 is 2.47 bits per heavy atom. The van der Waals surface area contributed by atoms with E-state index in [0.29, 0.717) is 6.54 Å². The zero-order valence-corrected chi connectivity index (χ0v) is 11.5. The molecule has 0 aliphatic heterocycles. The molecule has 0 fully saturated rings. The number of anilines is 1. The first-order valence-corrected chi connectivity index (χ1v) is 6.40. The quantitative estimate of drug-likeness (QED) is 0.864. The Bertz CT molecular complexity index is 555. The highest BCUT2D eigenvalue weighted by Crippen LogP contribution is 2.18. The Balaban J connectivity index is 2.03. The Kier molecular flexibility index (Phi) is 4.40. The van der Waals surface area contributed by atoms with Gasteiger partial charge in [-0.2, -0.15) is 0 Å². The highest BCUT2D eigenvalue weighted by molar-refractivity contribution is 6.30. The molecule has 0 amide bonds. The lowest BCUT2D eigenvalue weighted by molar-refractivity contribution is 0.319. The molecule has 2 rings (SSSR count). The molecule has 2 aromatic carbocycles. The van der Waals surface area contributed by atoms with E-state index >= 15 is 0 Å². The molecule has 0 bridgehead atoms. The molecule has 0 heterocycles. The molecule has 2 aromatic rings. The van der Waals surface area contributed by atoms with Gasteiger partial charge in [-0.15, -0.1) is 0 Å². The molecule has 0 saturated carbocycles. The molecule has 0 saturated heterocycles. The lowest BCUT2D eigenvalue weighted by Gasteiger charge is -2.18. The maximum atomic E-state index is 13.3. The summed E-state index contributed by atoms with van der Waals surface area (Å²) in [5, 5.41) is 0.723. The van der Waals surface area contributed by atoms with Gasteiger partial charge in [0.15, 0.2) is 0 Å². The minimum absolute atomic E-state index is 0.227. The predicted molar refractivity (Wildman–Crippen MR) is 77.4 cm³/mol. The van der Waals surface area contributed by atoms with E-state index in [1.165, 1.54) is 6.07 Å². The van der Waals surface area contributed by atoms with Crippen molar-refractivity contribution in [1.29, 1.82) is 0 Å². The monoisotopic (exact) mass is 278 g/mol. The molecule has 0 aromatic heterocycles. The Hall–Kier alpha value is -1.58. The largest absolute Gasteiger partial charge is 0.396 e. The van der Waals surface area contributed by atoms with Crippen molar-refractivity contribution in [3.8, 4) is 0 Å². The van der Waals surface area contributed by atoms with Crippen LogP contribution in [-0.4, -0.2) is 11.9 Å². The van der Waals surface area contributed by atoms with E-state index < -0.39 is 0 Å². The molecule has 0 unspecified atom stereocenters. The molecule has 0 aliphatic carbocycles. The van der Waals surface area contributed by atoms with E-state index in [0.717, 1.165) is 22.7 Å². The van der Waals surface area contributed by atoms with Crippen LogP contribution < -0.4 is 5.73 Å². The molecule has 2 nitrogen and oxygen atoms in total. The lowest BCUT2D eigenvalue weighted by Crippen LogP contribution is -2.18. The fourth-order valence-electron chi connectivity index (χ4n) is 1.97. The standard InChI is InChI=1S/C15H16ClFN2/c1-19(9-11-5-7-13(16)8-6-11)10-12-3-2-4-14(17)15(12)18/h2-8H,9-10,18H2,1H3. The van der Waals surface area contributed by atoms with Crippen molar-refractivity contribution in [3.05, 3.63) is 64.4 Å². The van der Waals surface area contributed by atoms with Crippen LogP contribution in [0.2, 0.25) is 5.02 Å². The third-order valence-electron chi connectivity index (χ3n) is 2.95. The molecule has 2 N–H and O–H groups in total. The van der Waals surface area contributed by atoms with Gasteiger partial charge in [-0.3, -0.25) is 4.90 Å². The second-order valence-corrected chi connectivity index (χ2v) is 5.05. The summed E-state index contributed by atoms with van der Waals surface area (Å²) < 4.78 is 13.3. The zero-order chi connectivity index (χ0) is 13.8. The third kappa shape index (κ3) is 3.69. The summed E-state index contributed by atoms with van der Waals surface area (Å²) in [6.45, 7) is 1.36. The Labute approximate surface area is 117 Å². The number of rotatable bonds is 4. The van der Waals surface area contributed by atoms with Gasteiger partial charge in [0.05, 0.1) is 5.69 Å². The molecular formula is C15H16ClFN2. The number of nitrogens with zero attached hydrogens (tertiary/aromatic N) is 1. The van der Waals surface area contributed by atoms with E-state index in [-0.39, 0.29) is 11.5 Å². The average Bonchev–Trinajstić information content (AvgIpc) is 2.38. The first-order valence-electron chi connectivity index (χ1n) is 6.02. The van der Waals surface area contributed by atoms with Crippen molar-refractivity contribution in [2.45, 2.75) is 13.1 Å². The van der Waals surface area contributed by atoms with Crippen molar-refractivity contribution >= 4 is 17.3 Å². The summed E-state index contributed by atoms with van der Waals surface area (Å²) in [5.41, 5.74) is 7.91. The molecule has 0 spiro atoms. The van der Waals surface area contributed by atoms with E-state index in [9.17, 15) is 4.39 Å². The summed E-state index contributed by atoms with van der Waals surface area (Å²) in [5.74, 6) is -0.364. The summed E-state index contributed by atoms with van der Waals surface area (Å²) >= 11 is 5.84. The van der Waals surface area contributed by atoms with Crippen molar-refractivity contribution in [2.75, 3.05) is 12.8 Å². The second-order valence-electron chi connectivity index (χ2n) is 4.61. The predicted octanol–water partition coefficient (Wildman–Crippen LogP) is 3.69. The first-order chi connectivity index (χ1) is 9.06. The highest BCUT2D eigenvalue weighted by Gasteiger charge is 2.07. The van der Waals surface area contributed by atoms with Crippen molar-refractivity contribution in [3.63, 3.8) is 0 Å². The first kappa shape index (κ1) is 13.8. The van der Waals surface area contributed by atoms with Gasteiger partial charge in [-0.1, -0.05) is 35.9 Å². The highest BCUT2D eigenvalue weighted by atomic mass is 35.5. The molecule has 0 atom stereocenters. The van der Waals surface area contributed by atoms with Crippen molar-refractivity contribution < 1.29 is 4.39 Å². The minimum atomic E-state index is -0.364. The topological polar surface area (TPSA) is 29.3 Å². The van der Waals surface area contributed by atoms with Crippen LogP contribution in [0.5, 0.6) is 0 Å². The summed E-state index contributed by atoms with van der Waals surface area (Å²) in [4.78, 5) is 2.08. The van der Waals surface area contributed by atoms with E-state index in [2.05, 4.69) is 4.90 Å². The van der Waals surface area contributed by atoms with Crippen molar-refractivity contribution in [1.82, 2.24) is 4.90 Å². The number of hydrogen-bond donors (Lipinski definition) is 1. The van der Waals surface area contributed by atoms with Crippen LogP contribution >= 0.6 is 11.6 Å². The molecule has 0 aliphatic rings. The zero-order valence-electron chi connectivity index (χ0n) is 10.7. The number of nitrogen functional groups attached to an aromatic ring is 1. The molecule has 0 radical (unpaired) electrons. The summed E-state index contributed by atoms with van der Waals surface area (Å²) in [6.07, 6.45) is 0. The molecule has 100 valence electrons. The van der Waals surface area contributed by atoms with Gasteiger partial charge in [0, 0.05) is 18.1 Å². The fraction of sp³-hybridized carbons (Fsp3) is 0.200. The second kappa shape index (κ2) is 6.04. The minimum Gasteiger partial charge on any atom is -0.396 e. The van der Waals surface area contributed by atoms with Gasteiger partial charge >= 0.3 is 0 Å². The van der Waals surface area contributed by atoms with Gasteiger partial charge < -0.3 is 5.73 Å². The Morgan fingerprint density at radius 1 is 1.11 bits per heavy atom. The number of hydrogen-bond acceptors (Lipinski definition) is 2. The van der Waals surface area contributed by atoms with Crippen LogP contribution in [0.25, 0.3) is 0 Å². The number of nitrogens with two attached hydrogens (primary N) is 1. The van der Waals surface area contributed by atoms with Crippen LogP contribution in [0.3, 0.4) is 0 Å². The molecule has 4 heteroatoms. The average molecular weight is 279 g/mol. The van der Waals surface area contributed by atoms with E-state index in [1.54, 1.807) is 6.07 Å². The van der Waals surface area contributed by atoms with Gasteiger partial charge in [0.25, 0.3) is 0 Å². The molecular weight excluding hydrogens is 263 g/mol. The third-order valence-corrected chi connectivity index (χ3v) is 3.20. The van der Waals surface area contributed by atoms with Gasteiger partial charge in [0.2, 0.25) is 0 Å². The lowest BCUT2D eigenvalue weighted by atomic mass is 10.1. The maximum Gasteiger partial charge on any atom is 0.146 e. The van der Waals surface area contributed by atoms with Crippen LogP contribution in [-0.2, 0) is 13.1 Å². The number of para-hydroxylation sites is 1. The normalized spacial score (nSPS) is 10.9.